The molecule has 1 aromatic rings. The Morgan fingerprint density at radius 1 is 1.54 bits per heavy atom. The monoisotopic (exact) mass is 177 g/mol. The first-order chi connectivity index (χ1) is 6.27. The number of aryl methyl sites for hydroxylation is 1. The fourth-order valence-electron chi connectivity index (χ4n) is 1.15. The van der Waals surface area contributed by atoms with Crippen LogP contribution in [0.25, 0.3) is 0 Å². The minimum absolute atomic E-state index is 0.675. The van der Waals surface area contributed by atoms with Gasteiger partial charge in [0.1, 0.15) is 5.75 Å². The molecule has 0 aromatic heterocycles. The molecule has 0 saturated heterocycles. The van der Waals surface area contributed by atoms with Gasteiger partial charge >= 0.3 is 0 Å². The molecule has 70 valence electrons. The smallest absolute Gasteiger partial charge is 0.142 e. The van der Waals surface area contributed by atoms with Gasteiger partial charge in [-0.05, 0) is 37.7 Å². The van der Waals surface area contributed by atoms with Gasteiger partial charge in [-0.15, -0.1) is 0 Å². The molecule has 2 heteroatoms. The average Bonchev–Trinajstić information content (AvgIpc) is 2.10. The van der Waals surface area contributed by atoms with Crippen LogP contribution < -0.4 is 10.1 Å². The third kappa shape index (κ3) is 2.51. The molecule has 0 atom stereocenters. The minimum Gasteiger partial charge on any atom is -0.492 e. The van der Waals surface area contributed by atoms with Gasteiger partial charge in [0.05, 0.1) is 12.3 Å². The highest BCUT2D eigenvalue weighted by atomic mass is 16.5. The molecule has 0 aliphatic heterocycles. The van der Waals surface area contributed by atoms with Crippen LogP contribution in [0.4, 0.5) is 5.69 Å². The molecule has 0 saturated carbocycles. The van der Waals surface area contributed by atoms with Crippen LogP contribution in [0.2, 0.25) is 0 Å². The maximum absolute atomic E-state index is 5.43. The number of ether oxygens (including phenoxy) is 1. The van der Waals surface area contributed by atoms with Gasteiger partial charge in [0, 0.05) is 0 Å². The third-order valence-corrected chi connectivity index (χ3v) is 1.69. The number of anilines is 1. The fraction of sp³-hybridized carbons (Fsp3) is 0.273. The van der Waals surface area contributed by atoms with Crippen molar-refractivity contribution in [3.8, 4) is 5.75 Å². The number of nitrogens with one attached hydrogen (secondary N) is 1. The van der Waals surface area contributed by atoms with Crippen LogP contribution in [-0.2, 0) is 0 Å². The highest BCUT2D eigenvalue weighted by molar-refractivity contribution is 5.59. The Morgan fingerprint density at radius 2 is 2.31 bits per heavy atom. The van der Waals surface area contributed by atoms with Crippen molar-refractivity contribution in [2.75, 3.05) is 11.9 Å². The summed E-state index contributed by atoms with van der Waals surface area (Å²) in [6.07, 6.45) is 1.65. The summed E-state index contributed by atoms with van der Waals surface area (Å²) < 4.78 is 5.43. The van der Waals surface area contributed by atoms with Crippen molar-refractivity contribution in [1.82, 2.24) is 0 Å². The molecular weight excluding hydrogens is 162 g/mol. The standard InChI is InChI=1S/C11H15NO/c1-4-12-10-8-9(3)6-7-11(10)13-5-2/h4,6-8,12H,1,5H2,2-3H3. The molecule has 0 aliphatic carbocycles. The molecular formula is C11H15NO. The zero-order chi connectivity index (χ0) is 9.68. The van der Waals surface area contributed by atoms with Gasteiger partial charge in [-0.2, -0.15) is 0 Å². The summed E-state index contributed by atoms with van der Waals surface area (Å²) in [5.41, 5.74) is 2.17. The third-order valence-electron chi connectivity index (χ3n) is 1.69. The van der Waals surface area contributed by atoms with Gasteiger partial charge in [0.2, 0.25) is 0 Å². The van der Waals surface area contributed by atoms with Crippen molar-refractivity contribution in [2.45, 2.75) is 13.8 Å². The maximum Gasteiger partial charge on any atom is 0.142 e. The number of hydrogen-bond acceptors (Lipinski definition) is 2. The van der Waals surface area contributed by atoms with E-state index < -0.39 is 0 Å². The van der Waals surface area contributed by atoms with Crippen molar-refractivity contribution in [3.63, 3.8) is 0 Å². The summed E-state index contributed by atoms with van der Waals surface area (Å²) in [7, 11) is 0. The summed E-state index contributed by atoms with van der Waals surface area (Å²) in [6, 6.07) is 6.02. The number of benzene rings is 1. The van der Waals surface area contributed by atoms with E-state index in [0.717, 1.165) is 11.4 Å². The molecule has 0 bridgehead atoms. The zero-order valence-corrected chi connectivity index (χ0v) is 8.13. The van der Waals surface area contributed by atoms with E-state index in [9.17, 15) is 0 Å². The molecule has 13 heavy (non-hydrogen) atoms. The van der Waals surface area contributed by atoms with Gasteiger partial charge in [0.25, 0.3) is 0 Å². The average molecular weight is 177 g/mol. The summed E-state index contributed by atoms with van der Waals surface area (Å²) >= 11 is 0. The van der Waals surface area contributed by atoms with Crippen molar-refractivity contribution in [3.05, 3.63) is 36.5 Å². The number of rotatable bonds is 4. The molecule has 0 spiro atoms. The molecule has 0 amide bonds. The first-order valence-electron chi connectivity index (χ1n) is 4.38. The molecule has 1 aromatic carbocycles. The van der Waals surface area contributed by atoms with E-state index in [-0.39, 0.29) is 0 Å². The van der Waals surface area contributed by atoms with E-state index in [1.165, 1.54) is 5.56 Å². The fourth-order valence-corrected chi connectivity index (χ4v) is 1.15. The first-order valence-corrected chi connectivity index (χ1v) is 4.38. The first kappa shape index (κ1) is 9.65. The molecule has 0 heterocycles. The van der Waals surface area contributed by atoms with Crippen LogP contribution in [0.5, 0.6) is 5.75 Å². The molecule has 2 nitrogen and oxygen atoms in total. The van der Waals surface area contributed by atoms with Crippen LogP contribution in [0.1, 0.15) is 12.5 Å². The van der Waals surface area contributed by atoms with Crippen LogP contribution in [0, 0.1) is 6.92 Å². The van der Waals surface area contributed by atoms with E-state index in [0.29, 0.717) is 6.61 Å². The van der Waals surface area contributed by atoms with Crippen molar-refractivity contribution < 1.29 is 4.74 Å². The largest absolute Gasteiger partial charge is 0.492 e. The summed E-state index contributed by atoms with van der Waals surface area (Å²) in [6.45, 7) is 8.31. The lowest BCUT2D eigenvalue weighted by Crippen LogP contribution is -1.96. The minimum atomic E-state index is 0.675. The summed E-state index contributed by atoms with van der Waals surface area (Å²) in [5, 5.41) is 3.04. The molecule has 0 radical (unpaired) electrons. The Bertz CT molecular complexity index is 294. The number of hydrogen-bond donors (Lipinski definition) is 1. The van der Waals surface area contributed by atoms with Crippen LogP contribution in [-0.4, -0.2) is 6.61 Å². The normalized spacial score (nSPS) is 9.38. The lowest BCUT2D eigenvalue weighted by Gasteiger charge is -2.10. The van der Waals surface area contributed by atoms with E-state index in [2.05, 4.69) is 11.9 Å². The molecule has 1 rings (SSSR count). The Labute approximate surface area is 79.2 Å². The molecule has 0 aliphatic rings. The topological polar surface area (TPSA) is 21.3 Å². The lowest BCUT2D eigenvalue weighted by molar-refractivity contribution is 0.342. The quantitative estimate of drug-likeness (QED) is 0.763. The Hall–Kier alpha value is -1.44. The van der Waals surface area contributed by atoms with Gasteiger partial charge in [0.15, 0.2) is 0 Å². The second kappa shape index (κ2) is 4.55. The van der Waals surface area contributed by atoms with Crippen LogP contribution >= 0.6 is 0 Å². The zero-order valence-electron chi connectivity index (χ0n) is 8.13. The van der Waals surface area contributed by atoms with Gasteiger partial charge in [-0.25, -0.2) is 0 Å². The van der Waals surface area contributed by atoms with Crippen molar-refractivity contribution in [1.29, 1.82) is 0 Å². The van der Waals surface area contributed by atoms with Gasteiger partial charge in [-0.1, -0.05) is 12.6 Å². The van der Waals surface area contributed by atoms with E-state index in [1.807, 2.05) is 32.0 Å². The van der Waals surface area contributed by atoms with E-state index in [4.69, 9.17) is 4.74 Å². The van der Waals surface area contributed by atoms with Gasteiger partial charge in [-0.3, -0.25) is 0 Å². The van der Waals surface area contributed by atoms with Gasteiger partial charge < -0.3 is 10.1 Å². The van der Waals surface area contributed by atoms with E-state index >= 15 is 0 Å². The SMILES string of the molecule is C=CNc1cc(C)ccc1OCC. The Morgan fingerprint density at radius 3 is 2.92 bits per heavy atom. The molecule has 1 N–H and O–H groups in total. The van der Waals surface area contributed by atoms with Crippen molar-refractivity contribution in [2.24, 2.45) is 0 Å². The second-order valence-corrected chi connectivity index (χ2v) is 2.78. The van der Waals surface area contributed by atoms with Crippen LogP contribution in [0.15, 0.2) is 31.0 Å². The lowest BCUT2D eigenvalue weighted by atomic mass is 10.2. The highest BCUT2D eigenvalue weighted by Gasteiger charge is 2.00. The Kier molecular flexibility index (Phi) is 3.38. The van der Waals surface area contributed by atoms with Crippen LogP contribution in [0.3, 0.4) is 0 Å². The summed E-state index contributed by atoms with van der Waals surface area (Å²) in [4.78, 5) is 0. The van der Waals surface area contributed by atoms with E-state index in [1.54, 1.807) is 6.20 Å². The Balaban J connectivity index is 2.95. The summed E-state index contributed by atoms with van der Waals surface area (Å²) in [5.74, 6) is 0.869. The molecule has 0 fully saturated rings. The predicted octanol–water partition coefficient (Wildman–Crippen LogP) is 2.95. The maximum atomic E-state index is 5.43. The molecule has 0 unspecified atom stereocenters. The highest BCUT2D eigenvalue weighted by Crippen LogP contribution is 2.25. The second-order valence-electron chi connectivity index (χ2n) is 2.78. The van der Waals surface area contributed by atoms with Crippen molar-refractivity contribution >= 4 is 5.69 Å². The predicted molar refractivity (Wildman–Crippen MR) is 56.2 cm³/mol.